The molecule has 0 saturated carbocycles. The molecule has 0 amide bonds. The fraction of sp³-hybridized carbons (Fsp3) is 1.00. The number of rotatable bonds is 13. The first-order chi connectivity index (χ1) is 10.1. The van der Waals surface area contributed by atoms with Crippen LogP contribution in [-0.4, -0.2) is 76.8 Å². The molecule has 0 aromatic heterocycles. The number of ether oxygens (including phenoxy) is 6. The van der Waals surface area contributed by atoms with Crippen LogP contribution in [0.25, 0.3) is 0 Å². The molecule has 0 radical (unpaired) electrons. The number of hydrogen-bond donors (Lipinski definition) is 0. The summed E-state index contributed by atoms with van der Waals surface area (Å²) in [4.78, 5) is 0. The Balaban J connectivity index is 1.42. The highest BCUT2D eigenvalue weighted by molar-refractivity contribution is 4.68. The van der Waals surface area contributed by atoms with E-state index < -0.39 is 0 Å². The molecule has 5 atom stereocenters. The van der Waals surface area contributed by atoms with Crippen LogP contribution < -0.4 is 0 Å². The Labute approximate surface area is 127 Å². The van der Waals surface area contributed by atoms with Gasteiger partial charge in [-0.1, -0.05) is 0 Å². The van der Waals surface area contributed by atoms with Gasteiger partial charge in [-0.15, -0.1) is 0 Å². The summed E-state index contributed by atoms with van der Waals surface area (Å²) in [5.74, 6) is 0. The molecule has 2 aliphatic rings. The molecule has 2 saturated heterocycles. The van der Waals surface area contributed by atoms with Crippen LogP contribution in [0.15, 0.2) is 0 Å². The molecule has 2 heterocycles. The zero-order chi connectivity index (χ0) is 15.1. The lowest BCUT2D eigenvalue weighted by molar-refractivity contribution is -0.0926. The van der Waals surface area contributed by atoms with Gasteiger partial charge in [0.05, 0.1) is 64.6 Å². The van der Waals surface area contributed by atoms with Crippen LogP contribution in [0.2, 0.25) is 0 Å². The van der Waals surface area contributed by atoms with Crippen molar-refractivity contribution in [2.24, 2.45) is 0 Å². The van der Waals surface area contributed by atoms with Gasteiger partial charge < -0.3 is 28.4 Å². The molecule has 21 heavy (non-hydrogen) atoms. The van der Waals surface area contributed by atoms with Crippen molar-refractivity contribution >= 4 is 0 Å². The minimum absolute atomic E-state index is 0.0370. The summed E-state index contributed by atoms with van der Waals surface area (Å²) >= 11 is 0. The lowest BCUT2D eigenvalue weighted by atomic mass is 10.3. The Kier molecular flexibility index (Phi) is 7.36. The molecule has 2 aliphatic heterocycles. The molecule has 2 rings (SSSR count). The summed E-state index contributed by atoms with van der Waals surface area (Å²) < 4.78 is 32.7. The van der Waals surface area contributed by atoms with Gasteiger partial charge in [0.15, 0.2) is 0 Å². The first kappa shape index (κ1) is 17.1. The summed E-state index contributed by atoms with van der Waals surface area (Å²) in [6.45, 7) is 10.7. The standard InChI is InChI=1S/C15H28O6/c1-11(4-16-7-14-9-19-14)18-6-13(3)21-12(2)5-17-8-15-10-20-15/h11-15H,4-10H2,1-3H3. The Morgan fingerprint density at radius 2 is 1.29 bits per heavy atom. The number of epoxide rings is 2. The lowest BCUT2D eigenvalue weighted by Gasteiger charge is -2.21. The zero-order valence-corrected chi connectivity index (χ0v) is 13.3. The minimum atomic E-state index is 0.0370. The average molecular weight is 304 g/mol. The second-order valence-electron chi connectivity index (χ2n) is 5.89. The third kappa shape index (κ3) is 8.70. The van der Waals surface area contributed by atoms with Crippen molar-refractivity contribution in [3.63, 3.8) is 0 Å². The predicted octanol–water partition coefficient (Wildman–Crippen LogP) is 1.02. The van der Waals surface area contributed by atoms with E-state index in [-0.39, 0.29) is 18.3 Å². The third-order valence-electron chi connectivity index (χ3n) is 3.20. The van der Waals surface area contributed by atoms with Crippen molar-refractivity contribution in [2.45, 2.75) is 51.3 Å². The fourth-order valence-corrected chi connectivity index (χ4v) is 1.88. The predicted molar refractivity (Wildman–Crippen MR) is 76.5 cm³/mol. The third-order valence-corrected chi connectivity index (χ3v) is 3.20. The molecule has 6 heteroatoms. The largest absolute Gasteiger partial charge is 0.376 e. The van der Waals surface area contributed by atoms with E-state index in [1.54, 1.807) is 0 Å². The van der Waals surface area contributed by atoms with Crippen molar-refractivity contribution < 1.29 is 28.4 Å². The van der Waals surface area contributed by atoms with Gasteiger partial charge in [0.1, 0.15) is 12.2 Å². The molecule has 0 aliphatic carbocycles. The summed E-state index contributed by atoms with van der Waals surface area (Å²) in [7, 11) is 0. The highest BCUT2D eigenvalue weighted by Crippen LogP contribution is 2.10. The molecule has 124 valence electrons. The lowest BCUT2D eigenvalue weighted by Crippen LogP contribution is -2.28. The number of hydrogen-bond acceptors (Lipinski definition) is 6. The highest BCUT2D eigenvalue weighted by atomic mass is 16.6. The van der Waals surface area contributed by atoms with Crippen molar-refractivity contribution in [2.75, 3.05) is 46.2 Å². The van der Waals surface area contributed by atoms with Gasteiger partial charge in [0.2, 0.25) is 0 Å². The maximum absolute atomic E-state index is 5.80. The van der Waals surface area contributed by atoms with Gasteiger partial charge in [-0.3, -0.25) is 0 Å². The van der Waals surface area contributed by atoms with Crippen LogP contribution in [0.5, 0.6) is 0 Å². The molecular formula is C15H28O6. The first-order valence-electron chi connectivity index (χ1n) is 7.79. The molecule has 0 spiro atoms. The average Bonchev–Trinajstić information content (AvgIpc) is 3.30. The Morgan fingerprint density at radius 3 is 1.81 bits per heavy atom. The first-order valence-corrected chi connectivity index (χ1v) is 7.79. The summed E-state index contributed by atoms with van der Waals surface area (Å²) in [6.07, 6.45) is 0.769. The second-order valence-corrected chi connectivity index (χ2v) is 5.89. The molecule has 5 unspecified atom stereocenters. The van der Waals surface area contributed by atoms with Crippen LogP contribution in [0, 0.1) is 0 Å². The fourth-order valence-electron chi connectivity index (χ4n) is 1.88. The van der Waals surface area contributed by atoms with Crippen molar-refractivity contribution in [3.8, 4) is 0 Å². The monoisotopic (exact) mass is 304 g/mol. The zero-order valence-electron chi connectivity index (χ0n) is 13.3. The van der Waals surface area contributed by atoms with E-state index in [4.69, 9.17) is 28.4 Å². The maximum Gasteiger partial charge on any atom is 0.104 e. The summed E-state index contributed by atoms with van der Waals surface area (Å²) in [6, 6.07) is 0. The van der Waals surface area contributed by atoms with E-state index in [1.165, 1.54) is 0 Å². The molecule has 0 N–H and O–H groups in total. The van der Waals surface area contributed by atoms with E-state index in [0.29, 0.717) is 45.2 Å². The Hall–Kier alpha value is -0.240. The van der Waals surface area contributed by atoms with E-state index in [2.05, 4.69) is 0 Å². The van der Waals surface area contributed by atoms with Gasteiger partial charge in [0, 0.05) is 0 Å². The molecule has 6 nitrogen and oxygen atoms in total. The van der Waals surface area contributed by atoms with E-state index in [9.17, 15) is 0 Å². The van der Waals surface area contributed by atoms with Crippen LogP contribution >= 0.6 is 0 Å². The summed E-state index contributed by atoms with van der Waals surface area (Å²) in [5.41, 5.74) is 0. The molecule has 2 fully saturated rings. The van der Waals surface area contributed by atoms with Gasteiger partial charge in [0.25, 0.3) is 0 Å². The SMILES string of the molecule is CC(COCC1CO1)OCC(C)OC(C)COCC1CO1. The molecular weight excluding hydrogens is 276 g/mol. The van der Waals surface area contributed by atoms with Crippen LogP contribution in [0.1, 0.15) is 20.8 Å². The van der Waals surface area contributed by atoms with Crippen molar-refractivity contribution in [1.82, 2.24) is 0 Å². The van der Waals surface area contributed by atoms with Crippen LogP contribution in [-0.2, 0) is 28.4 Å². The Bertz CT molecular complexity index is 279. The van der Waals surface area contributed by atoms with Crippen molar-refractivity contribution in [1.29, 1.82) is 0 Å². The van der Waals surface area contributed by atoms with E-state index in [0.717, 1.165) is 13.2 Å². The Morgan fingerprint density at radius 1 is 0.810 bits per heavy atom. The summed E-state index contributed by atoms with van der Waals surface area (Å²) in [5, 5.41) is 0. The van der Waals surface area contributed by atoms with Gasteiger partial charge >= 0.3 is 0 Å². The molecule has 0 aromatic carbocycles. The second kappa shape index (κ2) is 9.02. The van der Waals surface area contributed by atoms with E-state index in [1.807, 2.05) is 20.8 Å². The van der Waals surface area contributed by atoms with Gasteiger partial charge in [-0.05, 0) is 20.8 Å². The minimum Gasteiger partial charge on any atom is -0.376 e. The quantitative estimate of drug-likeness (QED) is 0.473. The maximum atomic E-state index is 5.80. The smallest absolute Gasteiger partial charge is 0.104 e. The molecule has 0 aromatic rings. The van der Waals surface area contributed by atoms with Crippen LogP contribution in [0.4, 0.5) is 0 Å². The molecule has 0 bridgehead atoms. The van der Waals surface area contributed by atoms with Crippen LogP contribution in [0.3, 0.4) is 0 Å². The van der Waals surface area contributed by atoms with Crippen molar-refractivity contribution in [3.05, 3.63) is 0 Å². The van der Waals surface area contributed by atoms with Gasteiger partial charge in [-0.2, -0.15) is 0 Å². The highest BCUT2D eigenvalue weighted by Gasteiger charge is 2.23. The van der Waals surface area contributed by atoms with Gasteiger partial charge in [-0.25, -0.2) is 0 Å². The van der Waals surface area contributed by atoms with E-state index >= 15 is 0 Å². The normalized spacial score (nSPS) is 28.1. The topological polar surface area (TPSA) is 62.0 Å².